The number of carbonyl (C=O) groups excluding carboxylic acids is 1. The Labute approximate surface area is 147 Å². The number of ether oxygens (including phenoxy) is 1. The Balaban J connectivity index is 1.91. The first-order chi connectivity index (χ1) is 11.6. The van der Waals surface area contributed by atoms with Crippen molar-refractivity contribution in [2.75, 3.05) is 20.3 Å². The molecule has 0 aliphatic carbocycles. The van der Waals surface area contributed by atoms with Gasteiger partial charge in [0, 0.05) is 31.5 Å². The molecule has 1 aliphatic heterocycles. The number of halogens is 1. The quantitative estimate of drug-likeness (QED) is 0.853. The molecular formula is C19H21ClN2O2. The Hall–Kier alpha value is -1.91. The second-order valence-corrected chi connectivity index (χ2v) is 6.56. The van der Waals surface area contributed by atoms with Crippen LogP contribution in [0.2, 0.25) is 5.02 Å². The third-order valence-corrected chi connectivity index (χ3v) is 4.95. The average molecular weight is 345 g/mol. The maximum absolute atomic E-state index is 13.4. The molecule has 1 aromatic heterocycles. The molecule has 0 atom stereocenters. The summed E-state index contributed by atoms with van der Waals surface area (Å²) in [5.74, 6) is 0.0737. The Bertz CT molecular complexity index is 700. The van der Waals surface area contributed by atoms with Crippen LogP contribution in [0.5, 0.6) is 0 Å². The molecular weight excluding hydrogens is 324 g/mol. The predicted molar refractivity (Wildman–Crippen MR) is 93.9 cm³/mol. The van der Waals surface area contributed by atoms with Gasteiger partial charge in [-0.2, -0.15) is 0 Å². The van der Waals surface area contributed by atoms with Crippen molar-refractivity contribution in [1.82, 2.24) is 9.88 Å². The molecule has 1 saturated heterocycles. The molecule has 1 aliphatic rings. The monoisotopic (exact) mass is 344 g/mol. The number of hydrogen-bond donors (Lipinski definition) is 0. The Morgan fingerprint density at radius 3 is 2.58 bits per heavy atom. The van der Waals surface area contributed by atoms with Gasteiger partial charge in [0.1, 0.15) is 0 Å². The predicted octanol–water partition coefficient (Wildman–Crippen LogP) is 3.44. The van der Waals surface area contributed by atoms with Gasteiger partial charge in [0.15, 0.2) is 0 Å². The first-order valence-electron chi connectivity index (χ1n) is 8.12. The van der Waals surface area contributed by atoms with Crippen molar-refractivity contribution in [3.8, 4) is 0 Å². The molecule has 0 radical (unpaired) electrons. The molecule has 0 unspecified atom stereocenters. The number of benzene rings is 1. The minimum Gasteiger partial charge on any atom is -0.381 e. The van der Waals surface area contributed by atoms with E-state index in [0.29, 0.717) is 37.6 Å². The fourth-order valence-electron chi connectivity index (χ4n) is 3.34. The number of amides is 1. The first-order valence-corrected chi connectivity index (χ1v) is 8.49. The molecule has 4 nitrogen and oxygen atoms in total. The topological polar surface area (TPSA) is 42.4 Å². The molecule has 5 heteroatoms. The Morgan fingerprint density at radius 1 is 1.21 bits per heavy atom. The van der Waals surface area contributed by atoms with Crippen molar-refractivity contribution < 1.29 is 9.53 Å². The molecule has 24 heavy (non-hydrogen) atoms. The third kappa shape index (κ3) is 3.30. The molecule has 0 saturated carbocycles. The fraction of sp³-hybridized carbons (Fsp3) is 0.368. The van der Waals surface area contributed by atoms with Crippen molar-refractivity contribution in [3.63, 3.8) is 0 Å². The van der Waals surface area contributed by atoms with Crippen molar-refractivity contribution in [3.05, 3.63) is 64.9 Å². The molecule has 1 fully saturated rings. The summed E-state index contributed by atoms with van der Waals surface area (Å²) in [4.78, 5) is 19.4. The maximum atomic E-state index is 13.4. The van der Waals surface area contributed by atoms with E-state index in [0.717, 1.165) is 11.3 Å². The number of aromatic nitrogens is 1. The lowest BCUT2D eigenvalue weighted by atomic mass is 9.73. The summed E-state index contributed by atoms with van der Waals surface area (Å²) in [6.45, 7) is 1.61. The van der Waals surface area contributed by atoms with Crippen molar-refractivity contribution in [1.29, 1.82) is 0 Å². The van der Waals surface area contributed by atoms with Crippen molar-refractivity contribution in [2.24, 2.45) is 0 Å². The molecule has 0 spiro atoms. The van der Waals surface area contributed by atoms with Gasteiger partial charge in [-0.3, -0.25) is 9.78 Å². The fourth-order valence-corrected chi connectivity index (χ4v) is 3.66. The number of nitrogens with zero attached hydrogens (tertiary/aromatic N) is 2. The third-order valence-electron chi connectivity index (χ3n) is 4.62. The molecule has 1 amide bonds. The maximum Gasteiger partial charge on any atom is 0.233 e. The summed E-state index contributed by atoms with van der Waals surface area (Å²) in [5, 5.41) is 0.638. The van der Waals surface area contributed by atoms with E-state index in [2.05, 4.69) is 4.98 Å². The lowest BCUT2D eigenvalue weighted by Gasteiger charge is -2.39. The number of pyridine rings is 1. The summed E-state index contributed by atoms with van der Waals surface area (Å²) in [6, 6.07) is 13.4. The van der Waals surface area contributed by atoms with Crippen LogP contribution in [0.1, 0.15) is 24.1 Å². The average Bonchev–Trinajstić information content (AvgIpc) is 2.63. The SMILES string of the molecule is CN(Cc1ccccn1)C(=O)C1(c2ccccc2Cl)CCOCC1. The van der Waals surface area contributed by atoms with E-state index < -0.39 is 5.41 Å². The highest BCUT2D eigenvalue weighted by molar-refractivity contribution is 6.31. The van der Waals surface area contributed by atoms with Crippen LogP contribution in [0, 0.1) is 0 Å². The van der Waals surface area contributed by atoms with Crippen LogP contribution >= 0.6 is 11.6 Å². The molecule has 0 N–H and O–H groups in total. The highest BCUT2D eigenvalue weighted by Crippen LogP contribution is 2.40. The number of carbonyl (C=O) groups is 1. The lowest BCUT2D eigenvalue weighted by molar-refractivity contribution is -0.140. The Kier molecular flexibility index (Phi) is 5.17. The molecule has 0 bridgehead atoms. The van der Waals surface area contributed by atoms with Crippen LogP contribution in [-0.2, 0) is 21.5 Å². The van der Waals surface area contributed by atoms with Crippen molar-refractivity contribution in [2.45, 2.75) is 24.8 Å². The summed E-state index contributed by atoms with van der Waals surface area (Å²) in [7, 11) is 1.82. The Morgan fingerprint density at radius 2 is 1.92 bits per heavy atom. The van der Waals surface area contributed by atoms with Crippen LogP contribution in [0.4, 0.5) is 0 Å². The van der Waals surface area contributed by atoms with E-state index in [1.807, 2.05) is 49.5 Å². The molecule has 2 aromatic rings. The van der Waals surface area contributed by atoms with E-state index in [9.17, 15) is 4.79 Å². The largest absolute Gasteiger partial charge is 0.381 e. The van der Waals surface area contributed by atoms with E-state index in [1.165, 1.54) is 0 Å². The van der Waals surface area contributed by atoms with Gasteiger partial charge < -0.3 is 9.64 Å². The zero-order chi connectivity index (χ0) is 17.0. The zero-order valence-corrected chi connectivity index (χ0v) is 14.5. The van der Waals surface area contributed by atoms with E-state index in [4.69, 9.17) is 16.3 Å². The van der Waals surface area contributed by atoms with Gasteiger partial charge in [-0.15, -0.1) is 0 Å². The van der Waals surface area contributed by atoms with Gasteiger partial charge in [0.2, 0.25) is 5.91 Å². The minimum absolute atomic E-state index is 0.0737. The lowest BCUT2D eigenvalue weighted by Crippen LogP contribution is -2.48. The smallest absolute Gasteiger partial charge is 0.233 e. The molecule has 1 aromatic carbocycles. The summed E-state index contributed by atoms with van der Waals surface area (Å²) >= 11 is 6.43. The summed E-state index contributed by atoms with van der Waals surface area (Å²) < 4.78 is 5.51. The van der Waals surface area contributed by atoms with Gasteiger partial charge in [-0.25, -0.2) is 0 Å². The van der Waals surface area contributed by atoms with Crippen LogP contribution in [0.3, 0.4) is 0 Å². The molecule has 3 rings (SSSR count). The number of likely N-dealkylation sites (N-methyl/N-ethyl adjacent to an activating group) is 1. The summed E-state index contributed by atoms with van der Waals surface area (Å²) in [6.07, 6.45) is 3.02. The number of hydrogen-bond acceptors (Lipinski definition) is 3. The normalized spacial score (nSPS) is 16.6. The van der Waals surface area contributed by atoms with Crippen molar-refractivity contribution >= 4 is 17.5 Å². The van der Waals surface area contributed by atoms with Crippen LogP contribution in [0.15, 0.2) is 48.7 Å². The van der Waals surface area contributed by atoms with Gasteiger partial charge >= 0.3 is 0 Å². The van der Waals surface area contributed by atoms with E-state index in [1.54, 1.807) is 11.1 Å². The standard InChI is InChI=1S/C19H21ClN2O2/c1-22(14-15-6-4-5-11-21-15)18(23)19(9-12-24-13-10-19)16-7-2-3-8-17(16)20/h2-8,11H,9-10,12-14H2,1H3. The second-order valence-electron chi connectivity index (χ2n) is 6.16. The van der Waals surface area contributed by atoms with Gasteiger partial charge in [0.25, 0.3) is 0 Å². The second kappa shape index (κ2) is 7.32. The summed E-state index contributed by atoms with van der Waals surface area (Å²) in [5.41, 5.74) is 1.14. The minimum atomic E-state index is -0.625. The van der Waals surface area contributed by atoms with E-state index in [-0.39, 0.29) is 5.91 Å². The van der Waals surface area contributed by atoms with Gasteiger partial charge in [-0.1, -0.05) is 35.9 Å². The van der Waals surface area contributed by atoms with Crippen LogP contribution in [-0.4, -0.2) is 36.1 Å². The van der Waals surface area contributed by atoms with E-state index >= 15 is 0 Å². The zero-order valence-electron chi connectivity index (χ0n) is 13.7. The molecule has 2 heterocycles. The number of rotatable bonds is 4. The van der Waals surface area contributed by atoms with Crippen LogP contribution < -0.4 is 0 Å². The highest BCUT2D eigenvalue weighted by Gasteiger charge is 2.44. The van der Waals surface area contributed by atoms with Gasteiger partial charge in [-0.05, 0) is 36.6 Å². The van der Waals surface area contributed by atoms with Crippen LogP contribution in [0.25, 0.3) is 0 Å². The molecule has 126 valence electrons. The van der Waals surface area contributed by atoms with Gasteiger partial charge in [0.05, 0.1) is 17.7 Å². The highest BCUT2D eigenvalue weighted by atomic mass is 35.5. The first kappa shape index (κ1) is 16.9.